The lowest BCUT2D eigenvalue weighted by atomic mass is 10.2. The topological polar surface area (TPSA) is 72.4 Å². The highest BCUT2D eigenvalue weighted by molar-refractivity contribution is 9.10. The third-order valence-corrected chi connectivity index (χ3v) is 5.87. The second-order valence-corrected chi connectivity index (χ2v) is 8.54. The van der Waals surface area contributed by atoms with Gasteiger partial charge >= 0.3 is 0 Å². The van der Waals surface area contributed by atoms with E-state index in [1.807, 2.05) is 44.2 Å². The fraction of sp³-hybridized carbons (Fsp3) is 0.250. The number of rotatable bonds is 5. The fourth-order valence-corrected chi connectivity index (χ4v) is 4.23. The number of hydrogen-bond donors (Lipinski definition) is 2. The van der Waals surface area contributed by atoms with Gasteiger partial charge in [0.1, 0.15) is 6.10 Å². The molecule has 0 saturated carbocycles. The summed E-state index contributed by atoms with van der Waals surface area (Å²) in [5.74, 6) is -0.306. The summed E-state index contributed by atoms with van der Waals surface area (Å²) in [6, 6.07) is 17.0. The van der Waals surface area contributed by atoms with Crippen molar-refractivity contribution in [3.63, 3.8) is 0 Å². The van der Waals surface area contributed by atoms with Crippen LogP contribution in [0.25, 0.3) is 5.69 Å². The van der Waals surface area contributed by atoms with Gasteiger partial charge in [-0.1, -0.05) is 22.0 Å². The molecule has 3 aromatic rings. The van der Waals surface area contributed by atoms with Crippen molar-refractivity contribution in [1.82, 2.24) is 4.57 Å². The summed E-state index contributed by atoms with van der Waals surface area (Å²) in [7, 11) is 0. The third kappa shape index (κ3) is 4.73. The molecule has 2 amide bonds. The van der Waals surface area contributed by atoms with Crippen molar-refractivity contribution < 1.29 is 14.3 Å². The number of nitrogens with one attached hydrogen (secondary N) is 2. The van der Waals surface area contributed by atoms with Gasteiger partial charge in [0, 0.05) is 39.5 Å². The van der Waals surface area contributed by atoms with E-state index in [1.54, 1.807) is 24.3 Å². The Morgan fingerprint density at radius 1 is 1.03 bits per heavy atom. The molecule has 1 aliphatic heterocycles. The maximum atomic E-state index is 12.9. The normalized spacial score (nSPS) is 15.6. The number of carbonyl (C=O) groups excluding carboxylic acids is 2. The van der Waals surface area contributed by atoms with Gasteiger partial charge in [-0.2, -0.15) is 0 Å². The summed E-state index contributed by atoms with van der Waals surface area (Å²) >= 11 is 3.50. The smallest absolute Gasteiger partial charge is 0.257 e. The Labute approximate surface area is 189 Å². The number of aryl methyl sites for hydroxylation is 1. The van der Waals surface area contributed by atoms with Crippen LogP contribution in [-0.2, 0) is 9.53 Å². The highest BCUT2D eigenvalue weighted by atomic mass is 79.9. The van der Waals surface area contributed by atoms with Crippen LogP contribution in [0, 0.1) is 13.8 Å². The SMILES string of the molecule is Cc1cc(C(=O)Nc2ccc(NC(=O)C3CCCO3)cc2)c(C)n1-c1cccc(Br)c1. The second-order valence-electron chi connectivity index (χ2n) is 7.62. The summed E-state index contributed by atoms with van der Waals surface area (Å²) in [6.07, 6.45) is 1.28. The molecule has 6 nitrogen and oxygen atoms in total. The lowest BCUT2D eigenvalue weighted by Crippen LogP contribution is -2.26. The van der Waals surface area contributed by atoms with E-state index in [0.29, 0.717) is 23.5 Å². The fourth-order valence-electron chi connectivity index (χ4n) is 3.85. The van der Waals surface area contributed by atoms with Crippen LogP contribution in [0.5, 0.6) is 0 Å². The molecule has 2 heterocycles. The van der Waals surface area contributed by atoms with Crippen molar-refractivity contribution in [2.75, 3.05) is 17.2 Å². The molecule has 0 radical (unpaired) electrons. The van der Waals surface area contributed by atoms with Crippen molar-refractivity contribution in [2.45, 2.75) is 32.8 Å². The number of amides is 2. The molecule has 1 atom stereocenters. The van der Waals surface area contributed by atoms with Gasteiger partial charge in [-0.15, -0.1) is 0 Å². The van der Waals surface area contributed by atoms with Crippen LogP contribution in [0.3, 0.4) is 0 Å². The minimum atomic E-state index is -0.375. The number of nitrogens with zero attached hydrogens (tertiary/aromatic N) is 1. The predicted molar refractivity (Wildman–Crippen MR) is 125 cm³/mol. The van der Waals surface area contributed by atoms with Crippen LogP contribution < -0.4 is 10.6 Å². The number of ether oxygens (including phenoxy) is 1. The van der Waals surface area contributed by atoms with Gasteiger partial charge in [0.2, 0.25) is 0 Å². The number of anilines is 2. The molecule has 1 aliphatic rings. The van der Waals surface area contributed by atoms with Crippen molar-refractivity contribution in [1.29, 1.82) is 0 Å². The molecule has 0 spiro atoms. The first kappa shape index (κ1) is 21.3. The molecule has 1 fully saturated rings. The van der Waals surface area contributed by atoms with Crippen molar-refractivity contribution in [3.05, 3.63) is 76.0 Å². The van der Waals surface area contributed by atoms with Gasteiger partial charge in [-0.3, -0.25) is 9.59 Å². The summed E-state index contributed by atoms with van der Waals surface area (Å²) in [6.45, 7) is 4.55. The Bertz CT molecular complexity index is 1120. The Kier molecular flexibility index (Phi) is 6.25. The Morgan fingerprint density at radius 2 is 1.74 bits per heavy atom. The van der Waals surface area contributed by atoms with Gasteiger partial charge in [0.05, 0.1) is 5.56 Å². The first-order valence-electron chi connectivity index (χ1n) is 10.2. The van der Waals surface area contributed by atoms with E-state index in [2.05, 4.69) is 31.1 Å². The molecule has 0 bridgehead atoms. The van der Waals surface area contributed by atoms with Crippen LogP contribution in [0.4, 0.5) is 11.4 Å². The molecular formula is C24H24BrN3O3. The van der Waals surface area contributed by atoms with E-state index < -0.39 is 0 Å². The third-order valence-electron chi connectivity index (χ3n) is 5.37. The molecule has 1 aromatic heterocycles. The molecule has 1 saturated heterocycles. The van der Waals surface area contributed by atoms with Crippen LogP contribution in [-0.4, -0.2) is 29.1 Å². The summed E-state index contributed by atoms with van der Waals surface area (Å²) < 4.78 is 8.44. The molecule has 160 valence electrons. The quantitative estimate of drug-likeness (QED) is 0.524. The van der Waals surface area contributed by atoms with Crippen LogP contribution in [0.2, 0.25) is 0 Å². The van der Waals surface area contributed by atoms with E-state index in [9.17, 15) is 9.59 Å². The number of hydrogen-bond acceptors (Lipinski definition) is 3. The molecule has 4 rings (SSSR count). The average molecular weight is 482 g/mol. The number of aromatic nitrogens is 1. The second kappa shape index (κ2) is 9.08. The molecule has 0 aliphatic carbocycles. The summed E-state index contributed by atoms with van der Waals surface area (Å²) in [5.41, 5.74) is 4.79. The largest absolute Gasteiger partial charge is 0.368 e. The lowest BCUT2D eigenvalue weighted by molar-refractivity contribution is -0.124. The molecule has 1 unspecified atom stereocenters. The van der Waals surface area contributed by atoms with Gasteiger partial charge in [0.15, 0.2) is 0 Å². The Balaban J connectivity index is 1.46. The van der Waals surface area contributed by atoms with Crippen LogP contribution >= 0.6 is 15.9 Å². The molecular weight excluding hydrogens is 458 g/mol. The van der Waals surface area contributed by atoms with E-state index in [0.717, 1.165) is 34.4 Å². The average Bonchev–Trinajstić information content (AvgIpc) is 3.38. The highest BCUT2D eigenvalue weighted by Crippen LogP contribution is 2.24. The van der Waals surface area contributed by atoms with Crippen molar-refractivity contribution in [2.24, 2.45) is 0 Å². The van der Waals surface area contributed by atoms with E-state index >= 15 is 0 Å². The maximum absolute atomic E-state index is 12.9. The summed E-state index contributed by atoms with van der Waals surface area (Å²) in [4.78, 5) is 25.1. The standard InChI is InChI=1S/C24H24BrN3O3/c1-15-13-21(16(2)28(15)20-6-3-5-17(25)14-20)23(29)26-18-8-10-19(11-9-18)27-24(30)22-7-4-12-31-22/h3,5-6,8-11,13-14,22H,4,7,12H2,1-2H3,(H,26,29)(H,27,30). The Morgan fingerprint density at radius 3 is 2.39 bits per heavy atom. The number of carbonyl (C=O) groups is 2. The van der Waals surface area contributed by atoms with Gasteiger partial charge in [0.25, 0.3) is 11.8 Å². The zero-order valence-electron chi connectivity index (χ0n) is 17.4. The van der Waals surface area contributed by atoms with E-state index in [1.165, 1.54) is 0 Å². The molecule has 31 heavy (non-hydrogen) atoms. The van der Waals surface area contributed by atoms with E-state index in [4.69, 9.17) is 4.74 Å². The zero-order valence-corrected chi connectivity index (χ0v) is 19.0. The highest BCUT2D eigenvalue weighted by Gasteiger charge is 2.23. The Hall–Kier alpha value is -2.90. The van der Waals surface area contributed by atoms with Crippen molar-refractivity contribution in [3.8, 4) is 5.69 Å². The molecule has 7 heteroatoms. The van der Waals surface area contributed by atoms with E-state index in [-0.39, 0.29) is 17.9 Å². The zero-order chi connectivity index (χ0) is 22.0. The van der Waals surface area contributed by atoms with Gasteiger partial charge in [-0.25, -0.2) is 0 Å². The minimum Gasteiger partial charge on any atom is -0.368 e. The number of benzene rings is 2. The number of halogens is 1. The van der Waals surface area contributed by atoms with Gasteiger partial charge in [-0.05, 0) is 75.2 Å². The van der Waals surface area contributed by atoms with Crippen LogP contribution in [0.15, 0.2) is 59.1 Å². The first-order valence-corrected chi connectivity index (χ1v) is 11.0. The maximum Gasteiger partial charge on any atom is 0.257 e. The molecule has 2 N–H and O–H groups in total. The van der Waals surface area contributed by atoms with Crippen LogP contribution in [0.1, 0.15) is 34.6 Å². The van der Waals surface area contributed by atoms with Gasteiger partial charge < -0.3 is 19.9 Å². The molecule has 2 aromatic carbocycles. The predicted octanol–water partition coefficient (Wildman–Crippen LogP) is 5.23. The first-order chi connectivity index (χ1) is 14.9. The lowest BCUT2D eigenvalue weighted by Gasteiger charge is -2.12. The monoisotopic (exact) mass is 481 g/mol. The minimum absolute atomic E-state index is 0.130. The summed E-state index contributed by atoms with van der Waals surface area (Å²) in [5, 5.41) is 5.79. The van der Waals surface area contributed by atoms with Crippen molar-refractivity contribution >= 4 is 39.1 Å².